The number of nitrogens with one attached hydrogen (secondary N) is 1. The van der Waals surface area contributed by atoms with Crippen molar-refractivity contribution in [2.24, 2.45) is 0 Å². The van der Waals surface area contributed by atoms with Crippen molar-refractivity contribution < 1.29 is 18.7 Å². The molecule has 0 aliphatic rings. The molecule has 3 aromatic rings. The maximum Gasteiger partial charge on any atom is 0.261 e. The van der Waals surface area contributed by atoms with Gasteiger partial charge in [-0.25, -0.2) is 4.39 Å². The number of hydrogen-bond acceptors (Lipinski definition) is 3. The SMILES string of the molecule is CCCCNC(=O)[C@H](Cc1ccccc1)N(Cc1cccc(Cl)c1)C(=O)COc1ccc(F)cc1. The predicted octanol–water partition coefficient (Wildman–Crippen LogP) is 5.41. The van der Waals surface area contributed by atoms with E-state index in [0.717, 1.165) is 24.0 Å². The van der Waals surface area contributed by atoms with Crippen LogP contribution in [0.15, 0.2) is 78.9 Å². The Labute approximate surface area is 210 Å². The van der Waals surface area contributed by atoms with Crippen molar-refractivity contribution in [2.75, 3.05) is 13.2 Å². The van der Waals surface area contributed by atoms with E-state index >= 15 is 0 Å². The maximum absolute atomic E-state index is 13.5. The summed E-state index contributed by atoms with van der Waals surface area (Å²) in [5.41, 5.74) is 1.73. The fourth-order valence-electron chi connectivity index (χ4n) is 3.65. The van der Waals surface area contributed by atoms with Gasteiger partial charge in [-0.05, 0) is 53.9 Å². The van der Waals surface area contributed by atoms with Gasteiger partial charge in [0.15, 0.2) is 6.61 Å². The molecule has 0 fully saturated rings. The molecule has 0 spiro atoms. The molecule has 1 atom stereocenters. The number of halogens is 2. The third kappa shape index (κ3) is 8.41. The minimum atomic E-state index is -0.752. The molecule has 0 bridgehead atoms. The standard InChI is InChI=1S/C28H30ClFN2O3/c1-2-3-16-31-28(34)26(18-21-8-5-4-6-9-21)32(19-22-10-7-11-23(29)17-22)27(33)20-35-25-14-12-24(30)13-15-25/h4-15,17,26H,2-3,16,18-20H2,1H3,(H,31,34)/t26-/m0/s1. The first-order chi connectivity index (χ1) is 17.0. The van der Waals surface area contributed by atoms with E-state index in [-0.39, 0.29) is 25.0 Å². The van der Waals surface area contributed by atoms with Crippen LogP contribution in [0.5, 0.6) is 5.75 Å². The number of nitrogens with zero attached hydrogens (tertiary/aromatic N) is 1. The first-order valence-corrected chi connectivity index (χ1v) is 12.1. The predicted molar refractivity (Wildman–Crippen MR) is 136 cm³/mol. The van der Waals surface area contributed by atoms with Crippen LogP contribution in [0.1, 0.15) is 30.9 Å². The third-order valence-electron chi connectivity index (χ3n) is 5.52. The fourth-order valence-corrected chi connectivity index (χ4v) is 3.86. The van der Waals surface area contributed by atoms with Crippen LogP contribution >= 0.6 is 11.6 Å². The van der Waals surface area contributed by atoms with Crippen LogP contribution in [0.3, 0.4) is 0 Å². The summed E-state index contributed by atoms with van der Waals surface area (Å²) in [4.78, 5) is 28.3. The second-order valence-electron chi connectivity index (χ2n) is 8.24. The summed E-state index contributed by atoms with van der Waals surface area (Å²) in [6, 6.07) is 21.5. The van der Waals surface area contributed by atoms with E-state index in [0.29, 0.717) is 23.7 Å². The van der Waals surface area contributed by atoms with Crippen molar-refractivity contribution in [3.8, 4) is 5.75 Å². The van der Waals surface area contributed by atoms with E-state index in [1.54, 1.807) is 12.1 Å². The van der Waals surface area contributed by atoms with Gasteiger partial charge >= 0.3 is 0 Å². The Kier molecular flexibility index (Phi) is 10.1. The molecule has 0 saturated carbocycles. The number of unbranched alkanes of at least 4 members (excludes halogenated alkanes) is 1. The normalized spacial score (nSPS) is 11.5. The van der Waals surface area contributed by atoms with Gasteiger partial charge in [-0.1, -0.05) is 67.4 Å². The van der Waals surface area contributed by atoms with Crippen LogP contribution in [-0.2, 0) is 22.6 Å². The lowest BCUT2D eigenvalue weighted by atomic mass is 10.0. The van der Waals surface area contributed by atoms with Gasteiger partial charge in [0, 0.05) is 24.5 Å². The molecule has 1 N–H and O–H groups in total. The highest BCUT2D eigenvalue weighted by atomic mass is 35.5. The van der Waals surface area contributed by atoms with Gasteiger partial charge in [-0.3, -0.25) is 9.59 Å². The third-order valence-corrected chi connectivity index (χ3v) is 5.75. The number of ether oxygens (including phenoxy) is 1. The summed E-state index contributed by atoms with van der Waals surface area (Å²) in [6.45, 7) is 2.48. The molecule has 0 unspecified atom stereocenters. The molecular weight excluding hydrogens is 467 g/mol. The molecule has 5 nitrogen and oxygen atoms in total. The van der Waals surface area contributed by atoms with Gasteiger partial charge in [-0.2, -0.15) is 0 Å². The number of benzene rings is 3. The zero-order valence-electron chi connectivity index (χ0n) is 19.8. The summed E-state index contributed by atoms with van der Waals surface area (Å²) < 4.78 is 18.9. The topological polar surface area (TPSA) is 58.6 Å². The average Bonchev–Trinajstić information content (AvgIpc) is 2.86. The maximum atomic E-state index is 13.5. The monoisotopic (exact) mass is 496 g/mol. The Morgan fingerprint density at radius 2 is 1.71 bits per heavy atom. The zero-order chi connectivity index (χ0) is 25.0. The zero-order valence-corrected chi connectivity index (χ0v) is 20.5. The van der Waals surface area contributed by atoms with Gasteiger partial charge in [0.2, 0.25) is 5.91 Å². The van der Waals surface area contributed by atoms with E-state index in [4.69, 9.17) is 16.3 Å². The highest BCUT2D eigenvalue weighted by Crippen LogP contribution is 2.18. The number of hydrogen-bond donors (Lipinski definition) is 1. The minimum absolute atomic E-state index is 0.185. The second-order valence-corrected chi connectivity index (χ2v) is 8.68. The van der Waals surface area contributed by atoms with Crippen molar-refractivity contribution in [1.29, 1.82) is 0 Å². The van der Waals surface area contributed by atoms with Crippen LogP contribution in [0, 0.1) is 5.82 Å². The highest BCUT2D eigenvalue weighted by Gasteiger charge is 2.30. The lowest BCUT2D eigenvalue weighted by Crippen LogP contribution is -2.51. The molecule has 0 saturated heterocycles. The Morgan fingerprint density at radius 1 is 1.00 bits per heavy atom. The molecule has 7 heteroatoms. The van der Waals surface area contributed by atoms with Crippen molar-refractivity contribution in [2.45, 2.75) is 38.8 Å². The lowest BCUT2D eigenvalue weighted by molar-refractivity contribution is -0.142. The molecule has 0 aliphatic carbocycles. The Morgan fingerprint density at radius 3 is 2.40 bits per heavy atom. The van der Waals surface area contributed by atoms with E-state index in [9.17, 15) is 14.0 Å². The van der Waals surface area contributed by atoms with Gasteiger partial charge in [0.25, 0.3) is 5.91 Å². The summed E-state index contributed by atoms with van der Waals surface area (Å²) >= 11 is 6.18. The average molecular weight is 497 g/mol. The summed E-state index contributed by atoms with van der Waals surface area (Å²) in [5.74, 6) is -0.604. The Balaban J connectivity index is 1.87. The first kappa shape index (κ1) is 26.2. The van der Waals surface area contributed by atoms with E-state index in [1.165, 1.54) is 29.2 Å². The highest BCUT2D eigenvalue weighted by molar-refractivity contribution is 6.30. The van der Waals surface area contributed by atoms with Gasteiger partial charge in [0.1, 0.15) is 17.6 Å². The molecule has 0 aromatic heterocycles. The van der Waals surface area contributed by atoms with Crippen LogP contribution in [-0.4, -0.2) is 35.9 Å². The summed E-state index contributed by atoms with van der Waals surface area (Å²) in [5, 5.41) is 3.52. The molecule has 0 heterocycles. The van der Waals surface area contributed by atoms with Crippen molar-refractivity contribution in [3.05, 3.63) is 101 Å². The molecule has 2 amide bonds. The van der Waals surface area contributed by atoms with Gasteiger partial charge in [-0.15, -0.1) is 0 Å². The van der Waals surface area contributed by atoms with Crippen LogP contribution in [0.2, 0.25) is 5.02 Å². The molecule has 184 valence electrons. The van der Waals surface area contributed by atoms with Crippen molar-refractivity contribution in [1.82, 2.24) is 10.2 Å². The van der Waals surface area contributed by atoms with Crippen LogP contribution in [0.25, 0.3) is 0 Å². The second kappa shape index (κ2) is 13.5. The van der Waals surface area contributed by atoms with Gasteiger partial charge in [0.05, 0.1) is 0 Å². The number of amides is 2. The first-order valence-electron chi connectivity index (χ1n) is 11.7. The number of carbonyl (C=O) groups is 2. The van der Waals surface area contributed by atoms with Crippen LogP contribution in [0.4, 0.5) is 4.39 Å². The van der Waals surface area contributed by atoms with E-state index in [1.807, 2.05) is 42.5 Å². The van der Waals surface area contributed by atoms with Gasteiger partial charge < -0.3 is 15.0 Å². The van der Waals surface area contributed by atoms with E-state index < -0.39 is 11.9 Å². The molecule has 3 aromatic carbocycles. The lowest BCUT2D eigenvalue weighted by Gasteiger charge is -2.31. The number of rotatable bonds is 12. The summed E-state index contributed by atoms with van der Waals surface area (Å²) in [7, 11) is 0. The molecule has 0 aliphatic heterocycles. The summed E-state index contributed by atoms with van der Waals surface area (Å²) in [6.07, 6.45) is 2.14. The van der Waals surface area contributed by atoms with Crippen LogP contribution < -0.4 is 10.1 Å². The largest absolute Gasteiger partial charge is 0.484 e. The molecular formula is C28H30ClFN2O3. The molecule has 0 radical (unpaired) electrons. The van der Waals surface area contributed by atoms with Crippen molar-refractivity contribution >= 4 is 23.4 Å². The quantitative estimate of drug-likeness (QED) is 0.341. The minimum Gasteiger partial charge on any atom is -0.484 e. The number of carbonyl (C=O) groups excluding carboxylic acids is 2. The fraction of sp³-hybridized carbons (Fsp3) is 0.286. The molecule has 3 rings (SSSR count). The Bertz CT molecular complexity index is 1090. The Hall–Kier alpha value is -3.38. The molecule has 35 heavy (non-hydrogen) atoms. The van der Waals surface area contributed by atoms with Crippen molar-refractivity contribution in [3.63, 3.8) is 0 Å². The van der Waals surface area contributed by atoms with E-state index in [2.05, 4.69) is 12.2 Å². The smallest absolute Gasteiger partial charge is 0.261 e.